The number of ketones is 1. The maximum Gasteiger partial charge on any atom is 0.222 e. The van der Waals surface area contributed by atoms with Crippen LogP contribution < -0.4 is 10.1 Å². The number of imidazole rings is 1. The van der Waals surface area contributed by atoms with Gasteiger partial charge in [-0.25, -0.2) is 9.97 Å². The molecule has 4 rings (SSSR count). The molecule has 1 aliphatic heterocycles. The van der Waals surface area contributed by atoms with E-state index in [2.05, 4.69) is 20.4 Å². The van der Waals surface area contributed by atoms with E-state index in [9.17, 15) is 4.79 Å². The average Bonchev–Trinajstić information content (AvgIpc) is 3.52. The van der Waals surface area contributed by atoms with Crippen LogP contribution in [0.1, 0.15) is 67.7 Å². The maximum atomic E-state index is 12.1. The van der Waals surface area contributed by atoms with Gasteiger partial charge >= 0.3 is 0 Å². The van der Waals surface area contributed by atoms with E-state index in [1.165, 1.54) is 19.1 Å². The van der Waals surface area contributed by atoms with Gasteiger partial charge in [-0.2, -0.15) is 0 Å². The summed E-state index contributed by atoms with van der Waals surface area (Å²) in [5.41, 5.74) is 2.06. The van der Waals surface area contributed by atoms with Crippen molar-refractivity contribution in [1.29, 1.82) is 0 Å². The number of unbranched alkanes of at least 4 members (excludes halogenated alkanes) is 2. The summed E-state index contributed by atoms with van der Waals surface area (Å²) >= 11 is 0. The number of H-pyrrole nitrogens is 1. The Morgan fingerprint density at radius 2 is 2.16 bits per heavy atom. The van der Waals surface area contributed by atoms with Gasteiger partial charge < -0.3 is 19.6 Å². The lowest BCUT2D eigenvalue weighted by Crippen LogP contribution is -2.46. The van der Waals surface area contributed by atoms with E-state index in [-0.39, 0.29) is 11.3 Å². The molecule has 1 fully saturated rings. The van der Waals surface area contributed by atoms with Crippen molar-refractivity contribution < 1.29 is 14.1 Å². The van der Waals surface area contributed by atoms with E-state index in [0.717, 1.165) is 55.7 Å². The molecule has 1 atom stereocenters. The number of aromatic nitrogens is 4. The molecule has 4 heterocycles. The monoisotopic (exact) mass is 423 g/mol. The minimum absolute atomic E-state index is 0.0420. The summed E-state index contributed by atoms with van der Waals surface area (Å²) in [6, 6.07) is 5.50. The third kappa shape index (κ3) is 4.85. The highest BCUT2D eigenvalue weighted by Gasteiger charge is 2.36. The average molecular weight is 424 g/mol. The number of hydrogen-bond acceptors (Lipinski definition) is 7. The number of carbonyl (C=O) groups is 1. The van der Waals surface area contributed by atoms with Crippen LogP contribution in [-0.4, -0.2) is 39.5 Å². The number of nitrogens with zero attached hydrogens (tertiary/aromatic N) is 3. The standard InChI is InChI=1S/C23H29N5O3/c1-30-21-17(8-7-13-24-21)19-16-25-22(27-19)23(12-5-6-14-26-23)11-4-2-3-9-20(29)18-10-15-31-28-18/h7-8,10,13,15-16,26H,2-6,9,11-12,14H2,1H3,(H,25,27)/t23-/m0/s1. The molecular formula is C23H29N5O3. The molecule has 1 aliphatic rings. The lowest BCUT2D eigenvalue weighted by Gasteiger charge is -2.37. The third-order valence-corrected chi connectivity index (χ3v) is 6.01. The molecule has 0 bridgehead atoms. The van der Waals surface area contributed by atoms with Crippen LogP contribution in [0.5, 0.6) is 5.88 Å². The van der Waals surface area contributed by atoms with Crippen molar-refractivity contribution in [3.63, 3.8) is 0 Å². The Morgan fingerprint density at radius 1 is 1.23 bits per heavy atom. The van der Waals surface area contributed by atoms with Crippen molar-refractivity contribution in [2.24, 2.45) is 0 Å². The fourth-order valence-electron chi connectivity index (χ4n) is 4.34. The lowest BCUT2D eigenvalue weighted by atomic mass is 9.83. The molecule has 3 aromatic heterocycles. The molecule has 0 unspecified atom stereocenters. The third-order valence-electron chi connectivity index (χ3n) is 6.01. The first-order valence-corrected chi connectivity index (χ1v) is 11.0. The summed E-state index contributed by atoms with van der Waals surface area (Å²) in [4.78, 5) is 24.6. The molecule has 0 spiro atoms. The Morgan fingerprint density at radius 3 is 2.94 bits per heavy atom. The number of ether oxygens (including phenoxy) is 1. The van der Waals surface area contributed by atoms with E-state index in [1.807, 2.05) is 18.3 Å². The van der Waals surface area contributed by atoms with E-state index >= 15 is 0 Å². The SMILES string of the molecule is COc1ncccc1-c1cnc([C@]2(CCCCCC(=O)c3ccon3)CCCCN2)[nH]1. The molecule has 0 amide bonds. The summed E-state index contributed by atoms with van der Waals surface area (Å²) < 4.78 is 10.2. The number of Topliss-reactive ketones (excluding diaryl/α,β-unsaturated/α-hetero) is 1. The molecule has 0 aliphatic carbocycles. The predicted molar refractivity (Wildman–Crippen MR) is 116 cm³/mol. The van der Waals surface area contributed by atoms with Crippen LogP contribution in [0.25, 0.3) is 11.3 Å². The summed E-state index contributed by atoms with van der Waals surface area (Å²) in [5.74, 6) is 1.59. The number of hydrogen-bond donors (Lipinski definition) is 2. The number of pyridine rings is 1. The molecule has 31 heavy (non-hydrogen) atoms. The Labute approximate surface area is 181 Å². The number of aromatic amines is 1. The smallest absolute Gasteiger partial charge is 0.222 e. The first kappa shape index (κ1) is 21.2. The molecule has 0 aromatic carbocycles. The van der Waals surface area contributed by atoms with Gasteiger partial charge in [0.15, 0.2) is 5.78 Å². The Hall–Kier alpha value is -3.00. The maximum absolute atomic E-state index is 12.1. The Bertz CT molecular complexity index is 977. The quantitative estimate of drug-likeness (QED) is 0.370. The van der Waals surface area contributed by atoms with Gasteiger partial charge in [0.2, 0.25) is 5.88 Å². The van der Waals surface area contributed by atoms with Crippen LogP contribution in [0.15, 0.2) is 41.4 Å². The van der Waals surface area contributed by atoms with Crippen molar-refractivity contribution in [3.05, 3.63) is 48.4 Å². The van der Waals surface area contributed by atoms with Crippen LogP contribution in [-0.2, 0) is 5.54 Å². The zero-order valence-electron chi connectivity index (χ0n) is 17.9. The molecular weight excluding hydrogens is 394 g/mol. The van der Waals surface area contributed by atoms with E-state index in [4.69, 9.17) is 14.2 Å². The van der Waals surface area contributed by atoms with Crippen molar-refractivity contribution in [2.75, 3.05) is 13.7 Å². The minimum atomic E-state index is -0.165. The van der Waals surface area contributed by atoms with Crippen LogP contribution in [0.4, 0.5) is 0 Å². The second-order valence-electron chi connectivity index (χ2n) is 8.04. The zero-order valence-corrected chi connectivity index (χ0v) is 17.9. The molecule has 8 heteroatoms. The summed E-state index contributed by atoms with van der Waals surface area (Å²) in [5, 5.41) is 7.45. The van der Waals surface area contributed by atoms with Crippen molar-refractivity contribution >= 4 is 5.78 Å². The fourth-order valence-corrected chi connectivity index (χ4v) is 4.34. The molecule has 1 saturated heterocycles. The summed E-state index contributed by atoms with van der Waals surface area (Å²) in [6.45, 7) is 0.983. The van der Waals surface area contributed by atoms with Crippen LogP contribution in [0, 0.1) is 0 Å². The van der Waals surface area contributed by atoms with Gasteiger partial charge in [0.05, 0.1) is 30.1 Å². The number of piperidine rings is 1. The Balaban J connectivity index is 1.40. The zero-order chi connectivity index (χ0) is 21.5. The van der Waals surface area contributed by atoms with E-state index in [1.54, 1.807) is 19.4 Å². The summed E-state index contributed by atoms with van der Waals surface area (Å²) in [6.07, 6.45) is 12.7. The first-order valence-electron chi connectivity index (χ1n) is 11.0. The van der Waals surface area contributed by atoms with Crippen LogP contribution >= 0.6 is 0 Å². The minimum Gasteiger partial charge on any atom is -0.481 e. The largest absolute Gasteiger partial charge is 0.481 e. The second-order valence-corrected chi connectivity index (χ2v) is 8.04. The van der Waals surface area contributed by atoms with Gasteiger partial charge in [0.1, 0.15) is 17.8 Å². The van der Waals surface area contributed by atoms with Gasteiger partial charge in [0, 0.05) is 18.7 Å². The number of carbonyl (C=O) groups excluding carboxylic acids is 1. The van der Waals surface area contributed by atoms with Crippen molar-refractivity contribution in [2.45, 2.75) is 56.9 Å². The Kier molecular flexibility index (Phi) is 6.76. The highest BCUT2D eigenvalue weighted by molar-refractivity contribution is 5.93. The number of methoxy groups -OCH3 is 1. The normalized spacial score (nSPS) is 18.7. The van der Waals surface area contributed by atoms with Crippen molar-refractivity contribution in [1.82, 2.24) is 25.4 Å². The number of rotatable bonds is 10. The van der Waals surface area contributed by atoms with Gasteiger partial charge in [-0.05, 0) is 50.8 Å². The van der Waals surface area contributed by atoms with Crippen LogP contribution in [0.2, 0.25) is 0 Å². The topological polar surface area (TPSA) is 106 Å². The number of nitrogens with one attached hydrogen (secondary N) is 2. The van der Waals surface area contributed by atoms with Gasteiger partial charge in [-0.1, -0.05) is 18.0 Å². The second kappa shape index (κ2) is 9.87. The summed E-state index contributed by atoms with van der Waals surface area (Å²) in [7, 11) is 1.63. The van der Waals surface area contributed by atoms with E-state index in [0.29, 0.717) is 18.0 Å². The van der Waals surface area contributed by atoms with Gasteiger partial charge in [0.25, 0.3) is 0 Å². The highest BCUT2D eigenvalue weighted by Crippen LogP contribution is 2.36. The first-order chi connectivity index (χ1) is 15.2. The highest BCUT2D eigenvalue weighted by atomic mass is 16.5. The van der Waals surface area contributed by atoms with Crippen molar-refractivity contribution in [3.8, 4) is 17.1 Å². The predicted octanol–water partition coefficient (Wildman–Crippen LogP) is 4.27. The molecule has 2 N–H and O–H groups in total. The lowest BCUT2D eigenvalue weighted by molar-refractivity contribution is 0.0970. The van der Waals surface area contributed by atoms with Crippen LogP contribution in [0.3, 0.4) is 0 Å². The van der Waals surface area contributed by atoms with Gasteiger partial charge in [-0.15, -0.1) is 0 Å². The molecule has 8 nitrogen and oxygen atoms in total. The molecule has 3 aromatic rings. The fraction of sp³-hybridized carbons (Fsp3) is 0.478. The molecule has 0 radical (unpaired) electrons. The van der Waals surface area contributed by atoms with Gasteiger partial charge in [-0.3, -0.25) is 4.79 Å². The molecule has 0 saturated carbocycles. The molecule has 164 valence electrons. The van der Waals surface area contributed by atoms with E-state index < -0.39 is 0 Å².